The summed E-state index contributed by atoms with van der Waals surface area (Å²) in [6.45, 7) is 2.40. The monoisotopic (exact) mass is 510 g/mol. The van der Waals surface area contributed by atoms with Crippen molar-refractivity contribution in [2.24, 2.45) is 0 Å². The van der Waals surface area contributed by atoms with Gasteiger partial charge in [0, 0.05) is 10.7 Å². The molecule has 0 spiro atoms. The van der Waals surface area contributed by atoms with Crippen LogP contribution in [0.5, 0.6) is 11.5 Å². The molecule has 0 aliphatic heterocycles. The Morgan fingerprint density at radius 3 is 2.66 bits per heavy atom. The fraction of sp³-hybridized carbons (Fsp3) is 0.120. The molecule has 1 N–H and O–H groups in total. The molecule has 0 heterocycles. The Hall–Kier alpha value is -3.27. The van der Waals surface area contributed by atoms with Gasteiger partial charge in [-0.3, -0.25) is 4.79 Å². The number of anilines is 1. The summed E-state index contributed by atoms with van der Waals surface area (Å²) in [5.41, 5.74) is 3.23. The molecular weight excluding hydrogens is 492 g/mol. The van der Waals surface area contributed by atoms with Crippen LogP contribution in [0.3, 0.4) is 0 Å². The van der Waals surface area contributed by atoms with Gasteiger partial charge in [-0.1, -0.05) is 47.5 Å². The average molecular weight is 512 g/mol. The van der Waals surface area contributed by atoms with Gasteiger partial charge in [0.25, 0.3) is 5.91 Å². The van der Waals surface area contributed by atoms with E-state index in [0.717, 1.165) is 11.1 Å². The molecular formula is C25H20BrClN2O3. The first kappa shape index (κ1) is 23.4. The number of ether oxygens (including phenoxy) is 2. The number of hydrogen-bond acceptors (Lipinski definition) is 4. The SMILES string of the molecule is COc1cc(/C=C(\C#N)C(=O)Nc2cccc(Cl)c2)cc(Br)c1OCc1cccc(C)c1. The topological polar surface area (TPSA) is 71.3 Å². The Balaban J connectivity index is 1.82. The number of methoxy groups -OCH3 is 1. The normalized spacial score (nSPS) is 10.9. The maximum atomic E-state index is 12.5. The van der Waals surface area contributed by atoms with E-state index < -0.39 is 5.91 Å². The van der Waals surface area contributed by atoms with Crippen LogP contribution in [0.25, 0.3) is 6.08 Å². The summed E-state index contributed by atoms with van der Waals surface area (Å²) in [4.78, 5) is 12.5. The third-order valence-corrected chi connectivity index (χ3v) is 5.30. The van der Waals surface area contributed by atoms with Crippen molar-refractivity contribution in [2.45, 2.75) is 13.5 Å². The number of benzene rings is 3. The number of aryl methyl sites for hydroxylation is 1. The van der Waals surface area contributed by atoms with Gasteiger partial charge in [-0.15, -0.1) is 0 Å². The summed E-state index contributed by atoms with van der Waals surface area (Å²) in [7, 11) is 1.53. The maximum absolute atomic E-state index is 12.5. The molecule has 5 nitrogen and oxygen atoms in total. The van der Waals surface area contributed by atoms with Gasteiger partial charge in [-0.05, 0) is 70.4 Å². The lowest BCUT2D eigenvalue weighted by Crippen LogP contribution is -2.13. The van der Waals surface area contributed by atoms with Crippen LogP contribution in [-0.2, 0) is 11.4 Å². The number of nitriles is 1. The molecule has 32 heavy (non-hydrogen) atoms. The summed E-state index contributed by atoms with van der Waals surface area (Å²) >= 11 is 9.45. The molecule has 3 aromatic rings. The minimum absolute atomic E-state index is 0.0626. The summed E-state index contributed by atoms with van der Waals surface area (Å²) in [6.07, 6.45) is 1.48. The van der Waals surface area contributed by atoms with Crippen molar-refractivity contribution in [3.8, 4) is 17.6 Å². The van der Waals surface area contributed by atoms with E-state index in [2.05, 4.69) is 27.3 Å². The minimum atomic E-state index is -0.537. The van der Waals surface area contributed by atoms with Crippen molar-refractivity contribution < 1.29 is 14.3 Å². The first-order chi connectivity index (χ1) is 15.4. The van der Waals surface area contributed by atoms with Crippen LogP contribution in [0.2, 0.25) is 5.02 Å². The molecule has 0 aromatic heterocycles. The Labute approximate surface area is 200 Å². The van der Waals surface area contributed by atoms with Crippen molar-refractivity contribution in [1.82, 2.24) is 0 Å². The van der Waals surface area contributed by atoms with E-state index in [9.17, 15) is 10.1 Å². The van der Waals surface area contributed by atoms with Crippen LogP contribution in [0, 0.1) is 18.3 Å². The van der Waals surface area contributed by atoms with E-state index in [-0.39, 0.29) is 5.57 Å². The van der Waals surface area contributed by atoms with Crippen molar-refractivity contribution in [2.75, 3.05) is 12.4 Å². The van der Waals surface area contributed by atoms with Crippen molar-refractivity contribution in [3.05, 3.63) is 92.4 Å². The standard InChI is InChI=1S/C25H20BrClN2O3/c1-16-5-3-6-17(9-16)15-32-24-22(26)11-18(12-23(24)31-2)10-19(14-28)25(30)29-21-8-4-7-20(27)13-21/h3-13H,15H2,1-2H3,(H,29,30)/b19-10+. The smallest absolute Gasteiger partial charge is 0.266 e. The molecule has 162 valence electrons. The van der Waals surface area contributed by atoms with E-state index in [1.54, 1.807) is 36.4 Å². The van der Waals surface area contributed by atoms with E-state index in [0.29, 0.717) is 38.9 Å². The molecule has 0 saturated heterocycles. The molecule has 7 heteroatoms. The maximum Gasteiger partial charge on any atom is 0.266 e. The minimum Gasteiger partial charge on any atom is -0.493 e. The number of carbonyl (C=O) groups excluding carboxylic acids is 1. The largest absolute Gasteiger partial charge is 0.493 e. The Bertz CT molecular complexity index is 1220. The Kier molecular flexibility index (Phi) is 7.93. The molecule has 3 aromatic carbocycles. The van der Waals surface area contributed by atoms with E-state index in [1.165, 1.54) is 13.2 Å². The summed E-state index contributed by atoms with van der Waals surface area (Å²) in [5.74, 6) is 0.475. The number of nitrogens with one attached hydrogen (secondary N) is 1. The Morgan fingerprint density at radius 1 is 1.19 bits per heavy atom. The molecule has 0 unspecified atom stereocenters. The fourth-order valence-corrected chi connectivity index (χ4v) is 3.77. The van der Waals surface area contributed by atoms with Crippen LogP contribution in [0.1, 0.15) is 16.7 Å². The van der Waals surface area contributed by atoms with Crippen LogP contribution < -0.4 is 14.8 Å². The molecule has 0 atom stereocenters. The summed E-state index contributed by atoms with van der Waals surface area (Å²) < 4.78 is 12.1. The van der Waals surface area contributed by atoms with Gasteiger partial charge in [-0.25, -0.2) is 0 Å². The van der Waals surface area contributed by atoms with Gasteiger partial charge in [-0.2, -0.15) is 5.26 Å². The first-order valence-corrected chi connectivity index (χ1v) is 10.8. The third kappa shape index (κ3) is 6.13. The summed E-state index contributed by atoms with van der Waals surface area (Å²) in [5, 5.41) is 12.7. The lowest BCUT2D eigenvalue weighted by atomic mass is 10.1. The number of amides is 1. The zero-order valence-electron chi connectivity index (χ0n) is 17.5. The second-order valence-corrected chi connectivity index (χ2v) is 8.24. The van der Waals surface area contributed by atoms with Crippen LogP contribution >= 0.6 is 27.5 Å². The van der Waals surface area contributed by atoms with Gasteiger partial charge >= 0.3 is 0 Å². The molecule has 0 radical (unpaired) electrons. The first-order valence-electron chi connectivity index (χ1n) is 9.64. The predicted octanol–water partition coefficient (Wildman–Crippen LogP) is 6.54. The van der Waals surface area contributed by atoms with Gasteiger partial charge in [0.15, 0.2) is 11.5 Å². The Morgan fingerprint density at radius 2 is 1.97 bits per heavy atom. The number of halogens is 2. The highest BCUT2D eigenvalue weighted by Gasteiger charge is 2.14. The molecule has 0 fully saturated rings. The van der Waals surface area contributed by atoms with E-state index in [1.807, 2.05) is 31.2 Å². The van der Waals surface area contributed by atoms with E-state index in [4.69, 9.17) is 21.1 Å². The fourth-order valence-electron chi connectivity index (χ4n) is 3.00. The van der Waals surface area contributed by atoms with Gasteiger partial charge in [0.2, 0.25) is 0 Å². The zero-order chi connectivity index (χ0) is 23.1. The van der Waals surface area contributed by atoms with Gasteiger partial charge < -0.3 is 14.8 Å². The quantitative estimate of drug-likeness (QED) is 0.289. The molecule has 0 saturated carbocycles. The van der Waals surface area contributed by atoms with Crippen molar-refractivity contribution in [1.29, 1.82) is 5.26 Å². The van der Waals surface area contributed by atoms with Gasteiger partial charge in [0.1, 0.15) is 18.2 Å². The lowest BCUT2D eigenvalue weighted by Gasteiger charge is -2.14. The zero-order valence-corrected chi connectivity index (χ0v) is 19.8. The molecule has 3 rings (SSSR count). The predicted molar refractivity (Wildman–Crippen MR) is 130 cm³/mol. The van der Waals surface area contributed by atoms with Crippen molar-refractivity contribution in [3.63, 3.8) is 0 Å². The second kappa shape index (κ2) is 10.9. The lowest BCUT2D eigenvalue weighted by molar-refractivity contribution is -0.112. The molecule has 1 amide bonds. The average Bonchev–Trinajstić information content (AvgIpc) is 2.76. The van der Waals surface area contributed by atoms with Crippen LogP contribution in [-0.4, -0.2) is 13.0 Å². The highest BCUT2D eigenvalue weighted by atomic mass is 79.9. The highest BCUT2D eigenvalue weighted by molar-refractivity contribution is 9.10. The highest BCUT2D eigenvalue weighted by Crippen LogP contribution is 2.38. The molecule has 0 aliphatic carbocycles. The molecule has 0 bridgehead atoms. The number of rotatable bonds is 7. The van der Waals surface area contributed by atoms with E-state index >= 15 is 0 Å². The molecule has 0 aliphatic rings. The van der Waals surface area contributed by atoms with Crippen molar-refractivity contribution >= 4 is 45.2 Å². The third-order valence-electron chi connectivity index (χ3n) is 4.48. The second-order valence-electron chi connectivity index (χ2n) is 6.95. The number of nitrogens with zero attached hydrogens (tertiary/aromatic N) is 1. The van der Waals surface area contributed by atoms with Crippen LogP contribution in [0.15, 0.2) is 70.7 Å². The van der Waals surface area contributed by atoms with Gasteiger partial charge in [0.05, 0.1) is 11.6 Å². The van der Waals surface area contributed by atoms with Crippen LogP contribution in [0.4, 0.5) is 5.69 Å². The number of carbonyl (C=O) groups is 1. The summed E-state index contributed by atoms with van der Waals surface area (Å²) in [6, 6.07) is 20.2. The number of hydrogen-bond donors (Lipinski definition) is 1.